The fourth-order valence-electron chi connectivity index (χ4n) is 3.30. The van der Waals surface area contributed by atoms with Gasteiger partial charge in [0, 0.05) is 37.6 Å². The lowest BCUT2D eigenvalue weighted by molar-refractivity contribution is -0.117. The molecular weight excluding hydrogens is 395 g/mol. The first-order valence-corrected chi connectivity index (χ1v) is 10.8. The molecule has 1 fully saturated rings. The number of carbonyl (C=O) groups is 1. The van der Waals surface area contributed by atoms with Gasteiger partial charge in [-0.3, -0.25) is 9.69 Å². The average molecular weight is 421 g/mol. The van der Waals surface area contributed by atoms with Crippen molar-refractivity contribution in [1.82, 2.24) is 9.62 Å². The normalized spacial score (nSPS) is 15.3. The maximum Gasteiger partial charge on any atom is 0.240 e. The first kappa shape index (κ1) is 21.2. The minimum atomic E-state index is -3.59. The van der Waals surface area contributed by atoms with Crippen LogP contribution < -0.4 is 14.9 Å². The van der Waals surface area contributed by atoms with Crippen LogP contribution in [0.2, 0.25) is 0 Å². The summed E-state index contributed by atoms with van der Waals surface area (Å²) in [5, 5.41) is 2.77. The molecule has 0 saturated carbocycles. The molecule has 0 unspecified atom stereocenters. The fraction of sp³-hybridized carbons (Fsp3) is 0.350. The minimum Gasteiger partial charge on any atom is -0.369 e. The molecule has 1 aliphatic rings. The molecule has 7 nitrogen and oxygen atoms in total. The molecule has 0 aliphatic carbocycles. The average Bonchev–Trinajstić information content (AvgIpc) is 2.70. The number of anilines is 2. The second-order valence-electron chi connectivity index (χ2n) is 6.98. The predicted octanol–water partition coefficient (Wildman–Crippen LogP) is 1.80. The summed E-state index contributed by atoms with van der Waals surface area (Å²) in [6.07, 6.45) is 0. The van der Waals surface area contributed by atoms with Crippen molar-refractivity contribution in [3.63, 3.8) is 0 Å². The maximum absolute atomic E-state index is 13.1. The van der Waals surface area contributed by atoms with Gasteiger partial charge in [-0.2, -0.15) is 0 Å². The number of hydrogen-bond donors (Lipinski definition) is 2. The minimum absolute atomic E-state index is 0.144. The highest BCUT2D eigenvalue weighted by Gasteiger charge is 2.20. The first-order valence-electron chi connectivity index (χ1n) is 9.35. The van der Waals surface area contributed by atoms with Crippen LogP contribution in [0.15, 0.2) is 47.4 Å². The second-order valence-corrected chi connectivity index (χ2v) is 8.83. The highest BCUT2D eigenvalue weighted by Crippen LogP contribution is 2.20. The van der Waals surface area contributed by atoms with Gasteiger partial charge in [-0.15, -0.1) is 0 Å². The van der Waals surface area contributed by atoms with Crippen molar-refractivity contribution in [3.05, 3.63) is 53.8 Å². The number of hydrogen-bond acceptors (Lipinski definition) is 5. The van der Waals surface area contributed by atoms with Gasteiger partial charge in [0.2, 0.25) is 15.9 Å². The Hall–Kier alpha value is -2.49. The Bertz CT molecular complexity index is 972. The lowest BCUT2D eigenvalue weighted by Gasteiger charge is -2.35. The molecule has 9 heteroatoms. The number of sulfonamides is 1. The van der Waals surface area contributed by atoms with Crippen LogP contribution >= 0.6 is 0 Å². The van der Waals surface area contributed by atoms with Crippen LogP contribution in [-0.2, 0) is 14.8 Å². The summed E-state index contributed by atoms with van der Waals surface area (Å²) in [7, 11) is -2.24. The smallest absolute Gasteiger partial charge is 0.240 e. The molecule has 29 heavy (non-hydrogen) atoms. The third kappa shape index (κ3) is 5.31. The predicted molar refractivity (Wildman–Crippen MR) is 111 cm³/mol. The molecule has 0 spiro atoms. The van der Waals surface area contributed by atoms with Crippen molar-refractivity contribution in [2.75, 3.05) is 50.0 Å². The standard InChI is InChI=1S/C20H25FN4O3S/c1-15-3-6-17(13-19(15)29(27,28)22-2)23-20(26)14-24-9-11-25(12-10-24)18-7-4-16(21)5-8-18/h3-8,13,22H,9-12,14H2,1-2H3,(H,23,26). The van der Waals surface area contributed by atoms with Crippen molar-refractivity contribution < 1.29 is 17.6 Å². The topological polar surface area (TPSA) is 81.8 Å². The van der Waals surface area contributed by atoms with E-state index in [4.69, 9.17) is 0 Å². The summed E-state index contributed by atoms with van der Waals surface area (Å²) in [6, 6.07) is 11.2. The van der Waals surface area contributed by atoms with Gasteiger partial charge in [-0.1, -0.05) is 6.07 Å². The number of carbonyl (C=O) groups excluding carboxylic acids is 1. The summed E-state index contributed by atoms with van der Waals surface area (Å²) in [6.45, 7) is 4.83. The van der Waals surface area contributed by atoms with E-state index in [0.717, 1.165) is 18.8 Å². The van der Waals surface area contributed by atoms with Crippen molar-refractivity contribution in [3.8, 4) is 0 Å². The van der Waals surface area contributed by atoms with Crippen LogP contribution in [0, 0.1) is 12.7 Å². The third-order valence-corrected chi connectivity index (χ3v) is 6.52. The number of benzene rings is 2. The Labute approximate surface area is 170 Å². The highest BCUT2D eigenvalue weighted by atomic mass is 32.2. The number of nitrogens with one attached hydrogen (secondary N) is 2. The summed E-state index contributed by atoms with van der Waals surface area (Å²) in [5.74, 6) is -0.456. The Morgan fingerprint density at radius 3 is 2.34 bits per heavy atom. The zero-order chi connectivity index (χ0) is 21.0. The molecule has 0 radical (unpaired) electrons. The summed E-state index contributed by atoms with van der Waals surface area (Å²) in [5.41, 5.74) is 2.02. The van der Waals surface area contributed by atoms with Crippen molar-refractivity contribution in [1.29, 1.82) is 0 Å². The number of rotatable bonds is 6. The monoisotopic (exact) mass is 420 g/mol. The highest BCUT2D eigenvalue weighted by molar-refractivity contribution is 7.89. The molecule has 1 saturated heterocycles. The van der Waals surface area contributed by atoms with Gasteiger partial charge in [-0.05, 0) is 55.9 Å². The van der Waals surface area contributed by atoms with E-state index in [9.17, 15) is 17.6 Å². The molecule has 1 heterocycles. The van der Waals surface area contributed by atoms with E-state index in [1.54, 1.807) is 31.2 Å². The SMILES string of the molecule is CNS(=O)(=O)c1cc(NC(=O)CN2CCN(c3ccc(F)cc3)CC2)ccc1C. The summed E-state index contributed by atoms with van der Waals surface area (Å²) in [4.78, 5) is 16.7. The van der Waals surface area contributed by atoms with E-state index in [-0.39, 0.29) is 23.2 Å². The molecule has 1 aliphatic heterocycles. The molecule has 0 aromatic heterocycles. The third-order valence-electron chi connectivity index (χ3n) is 4.96. The molecular formula is C20H25FN4O3S. The summed E-state index contributed by atoms with van der Waals surface area (Å²) >= 11 is 0. The van der Waals surface area contributed by atoms with Gasteiger partial charge in [0.05, 0.1) is 11.4 Å². The first-order chi connectivity index (χ1) is 13.8. The van der Waals surface area contributed by atoms with Gasteiger partial charge < -0.3 is 10.2 Å². The van der Waals surface area contributed by atoms with E-state index >= 15 is 0 Å². The van der Waals surface area contributed by atoms with Gasteiger partial charge in [0.15, 0.2) is 0 Å². The van der Waals surface area contributed by atoms with Crippen LogP contribution in [0.1, 0.15) is 5.56 Å². The largest absolute Gasteiger partial charge is 0.369 e. The van der Waals surface area contributed by atoms with Gasteiger partial charge in [-0.25, -0.2) is 17.5 Å². The molecule has 1 amide bonds. The molecule has 2 aromatic rings. The number of aryl methyl sites for hydroxylation is 1. The Morgan fingerprint density at radius 2 is 1.72 bits per heavy atom. The lowest BCUT2D eigenvalue weighted by Crippen LogP contribution is -2.48. The molecule has 0 bridgehead atoms. The Balaban J connectivity index is 1.55. The summed E-state index contributed by atoms with van der Waals surface area (Å²) < 4.78 is 39.5. The van der Waals surface area contributed by atoms with E-state index in [2.05, 4.69) is 14.9 Å². The molecule has 3 rings (SSSR count). The van der Waals surface area contributed by atoms with Gasteiger partial charge in [0.1, 0.15) is 5.82 Å². The molecule has 2 aromatic carbocycles. The van der Waals surface area contributed by atoms with E-state index < -0.39 is 10.0 Å². The van der Waals surface area contributed by atoms with Crippen LogP contribution in [0.3, 0.4) is 0 Å². The Kier molecular flexibility index (Phi) is 6.51. The second kappa shape index (κ2) is 8.89. The fourth-order valence-corrected chi connectivity index (χ4v) is 4.29. The maximum atomic E-state index is 13.1. The number of halogens is 1. The van der Waals surface area contributed by atoms with Gasteiger partial charge >= 0.3 is 0 Å². The lowest BCUT2D eigenvalue weighted by atomic mass is 10.2. The molecule has 0 atom stereocenters. The van der Waals surface area contributed by atoms with Crippen LogP contribution in [0.25, 0.3) is 0 Å². The van der Waals surface area contributed by atoms with Crippen molar-refractivity contribution >= 4 is 27.3 Å². The van der Waals surface area contributed by atoms with E-state index in [0.29, 0.717) is 24.3 Å². The van der Waals surface area contributed by atoms with Crippen LogP contribution in [-0.4, -0.2) is 59.0 Å². The van der Waals surface area contributed by atoms with Crippen LogP contribution in [0.5, 0.6) is 0 Å². The number of nitrogens with zero attached hydrogens (tertiary/aromatic N) is 2. The zero-order valence-electron chi connectivity index (χ0n) is 16.5. The Morgan fingerprint density at radius 1 is 1.07 bits per heavy atom. The van der Waals surface area contributed by atoms with Crippen LogP contribution in [0.4, 0.5) is 15.8 Å². The van der Waals surface area contributed by atoms with Crippen molar-refractivity contribution in [2.24, 2.45) is 0 Å². The molecule has 156 valence electrons. The van der Waals surface area contributed by atoms with Gasteiger partial charge in [0.25, 0.3) is 0 Å². The van der Waals surface area contributed by atoms with E-state index in [1.807, 2.05) is 4.90 Å². The number of piperazine rings is 1. The zero-order valence-corrected chi connectivity index (χ0v) is 17.3. The molecule has 2 N–H and O–H groups in total. The van der Waals surface area contributed by atoms with Crippen molar-refractivity contribution in [2.45, 2.75) is 11.8 Å². The number of amides is 1. The quantitative estimate of drug-likeness (QED) is 0.745. The van der Waals surface area contributed by atoms with E-state index in [1.165, 1.54) is 25.2 Å².